The number of hydrazine groups is 1. The summed E-state index contributed by atoms with van der Waals surface area (Å²) in [7, 11) is 0. The van der Waals surface area contributed by atoms with E-state index in [2.05, 4.69) is 56.4 Å². The normalized spacial score (nSPS) is 35.1. The van der Waals surface area contributed by atoms with Crippen LogP contribution in [0.25, 0.3) is 0 Å². The number of nitrogens with one attached hydrogen (secondary N) is 3. The second-order valence-corrected chi connectivity index (χ2v) is 12.8. The molecule has 208 valence electrons. The molecule has 4 N–H and O–H groups in total. The molecule has 2 aliphatic carbocycles. The molecule has 4 heterocycles. The molecule has 2 bridgehead atoms. The van der Waals surface area contributed by atoms with Gasteiger partial charge in [-0.3, -0.25) is 15.2 Å². The number of hydrogen-bond acceptors (Lipinski definition) is 6. The number of aromatic nitrogens is 1. The number of amides is 1. The standard InChI is InChI=1S/C32H43N5O2/c38-26-18-24-13-14-25(19-26)37(24)23-11-8-21(9-12-23)30-27-17-22(10-15-28(27)35-36-30)32(39)34-31(20-5-1-2-6-20)29-7-3-4-16-33-29/h3-4,7-9,11-12,16,20,22,24-28,30-31,35-36,38H,1-2,5-6,10,13-15,17-19H2,(H,34,39)/t22?,24-,25-,27?,28?,30?,31-/m0/s1. The summed E-state index contributed by atoms with van der Waals surface area (Å²) >= 11 is 0. The van der Waals surface area contributed by atoms with Gasteiger partial charge in [0.25, 0.3) is 0 Å². The third-order valence-electron chi connectivity index (χ3n) is 10.6. The van der Waals surface area contributed by atoms with Gasteiger partial charge < -0.3 is 15.3 Å². The van der Waals surface area contributed by atoms with E-state index >= 15 is 0 Å². The van der Waals surface area contributed by atoms with Crippen LogP contribution >= 0.6 is 0 Å². The van der Waals surface area contributed by atoms with Gasteiger partial charge in [0.05, 0.1) is 23.9 Å². The van der Waals surface area contributed by atoms with Gasteiger partial charge in [0.1, 0.15) is 0 Å². The molecule has 7 atom stereocenters. The molecule has 5 aliphatic rings. The Morgan fingerprint density at radius 2 is 1.69 bits per heavy atom. The maximum absolute atomic E-state index is 13.7. The molecule has 0 radical (unpaired) electrons. The second kappa shape index (κ2) is 10.8. The van der Waals surface area contributed by atoms with Crippen LogP contribution in [0.3, 0.4) is 0 Å². The van der Waals surface area contributed by atoms with Crippen molar-refractivity contribution in [1.82, 2.24) is 21.2 Å². The fourth-order valence-corrected chi connectivity index (χ4v) is 8.60. The second-order valence-electron chi connectivity index (χ2n) is 12.8. The SMILES string of the molecule is O=C(N[C@H](c1ccccn1)C1CCCC1)C1CCC2NNC(c3ccc(N4[C@H]5CC[C@H]4CC(O)C5)cc3)C2C1. The maximum Gasteiger partial charge on any atom is 0.223 e. The molecule has 7 rings (SSSR count). The van der Waals surface area contributed by atoms with Crippen molar-refractivity contribution in [3.8, 4) is 0 Å². The summed E-state index contributed by atoms with van der Waals surface area (Å²) in [6, 6.07) is 16.7. The summed E-state index contributed by atoms with van der Waals surface area (Å²) in [5.74, 6) is 1.12. The minimum Gasteiger partial charge on any atom is -0.393 e. The molecule has 39 heavy (non-hydrogen) atoms. The van der Waals surface area contributed by atoms with Crippen molar-refractivity contribution in [3.05, 3.63) is 59.9 Å². The smallest absolute Gasteiger partial charge is 0.223 e. The molecule has 7 heteroatoms. The van der Waals surface area contributed by atoms with E-state index in [9.17, 15) is 9.90 Å². The van der Waals surface area contributed by atoms with Crippen LogP contribution in [0.5, 0.6) is 0 Å². The van der Waals surface area contributed by atoms with Crippen molar-refractivity contribution in [2.75, 3.05) is 4.90 Å². The van der Waals surface area contributed by atoms with Gasteiger partial charge in [0.2, 0.25) is 5.91 Å². The Bertz CT molecular complexity index is 1120. The molecule has 7 nitrogen and oxygen atoms in total. The van der Waals surface area contributed by atoms with E-state index in [1.165, 1.54) is 49.8 Å². The lowest BCUT2D eigenvalue weighted by Crippen LogP contribution is -2.44. The van der Waals surface area contributed by atoms with E-state index in [0.29, 0.717) is 30.0 Å². The van der Waals surface area contributed by atoms with Gasteiger partial charge in [0, 0.05) is 35.9 Å². The Morgan fingerprint density at radius 3 is 2.41 bits per heavy atom. The summed E-state index contributed by atoms with van der Waals surface area (Å²) in [6.45, 7) is 0. The summed E-state index contributed by atoms with van der Waals surface area (Å²) < 4.78 is 0. The van der Waals surface area contributed by atoms with Crippen molar-refractivity contribution >= 4 is 11.6 Å². The van der Waals surface area contributed by atoms with Crippen molar-refractivity contribution in [2.24, 2.45) is 17.8 Å². The Labute approximate surface area is 232 Å². The fourth-order valence-electron chi connectivity index (χ4n) is 8.60. The summed E-state index contributed by atoms with van der Waals surface area (Å²) in [5.41, 5.74) is 10.7. The highest BCUT2D eigenvalue weighted by Gasteiger charge is 2.44. The van der Waals surface area contributed by atoms with Gasteiger partial charge in [-0.25, -0.2) is 5.43 Å². The number of aliphatic hydroxyl groups excluding tert-OH is 1. The molecule has 3 saturated heterocycles. The van der Waals surface area contributed by atoms with Crippen molar-refractivity contribution in [2.45, 2.75) is 107 Å². The maximum atomic E-state index is 13.7. The minimum absolute atomic E-state index is 0.0216. The molecular formula is C32H43N5O2. The van der Waals surface area contributed by atoms with Gasteiger partial charge in [-0.2, -0.15) is 0 Å². The number of anilines is 1. The number of nitrogens with zero attached hydrogens (tertiary/aromatic N) is 2. The average molecular weight is 530 g/mol. The molecule has 5 fully saturated rings. The van der Waals surface area contributed by atoms with Crippen LogP contribution < -0.4 is 21.1 Å². The Hall–Kier alpha value is -2.48. The largest absolute Gasteiger partial charge is 0.393 e. The van der Waals surface area contributed by atoms with Gasteiger partial charge in [-0.15, -0.1) is 0 Å². The number of piperidine rings is 1. The van der Waals surface area contributed by atoms with Crippen LogP contribution in [0.4, 0.5) is 5.69 Å². The molecular weight excluding hydrogens is 486 g/mol. The van der Waals surface area contributed by atoms with Crippen LogP contribution in [0, 0.1) is 17.8 Å². The van der Waals surface area contributed by atoms with Crippen LogP contribution in [0.1, 0.15) is 94.0 Å². The zero-order valence-electron chi connectivity index (χ0n) is 22.8. The predicted molar refractivity (Wildman–Crippen MR) is 152 cm³/mol. The number of carbonyl (C=O) groups excluding carboxylic acids is 1. The van der Waals surface area contributed by atoms with Crippen LogP contribution in [-0.4, -0.2) is 40.2 Å². The molecule has 2 saturated carbocycles. The number of benzene rings is 1. The Morgan fingerprint density at radius 1 is 0.923 bits per heavy atom. The van der Waals surface area contributed by atoms with Crippen molar-refractivity contribution < 1.29 is 9.90 Å². The van der Waals surface area contributed by atoms with E-state index in [0.717, 1.165) is 37.8 Å². The van der Waals surface area contributed by atoms with Gasteiger partial charge >= 0.3 is 0 Å². The number of pyridine rings is 1. The minimum atomic E-state index is -0.141. The van der Waals surface area contributed by atoms with Gasteiger partial charge in [0.15, 0.2) is 0 Å². The number of carbonyl (C=O) groups is 1. The predicted octanol–water partition coefficient (Wildman–Crippen LogP) is 4.56. The van der Waals surface area contributed by atoms with E-state index in [1.54, 1.807) is 0 Å². The number of aliphatic hydroxyl groups is 1. The number of hydrogen-bond donors (Lipinski definition) is 4. The number of rotatable bonds is 6. The third-order valence-corrected chi connectivity index (χ3v) is 10.6. The monoisotopic (exact) mass is 529 g/mol. The summed E-state index contributed by atoms with van der Waals surface area (Å²) in [6.07, 6.45) is 13.5. The van der Waals surface area contributed by atoms with Crippen LogP contribution in [-0.2, 0) is 4.79 Å². The molecule has 2 aromatic rings. The van der Waals surface area contributed by atoms with Crippen LogP contribution in [0.2, 0.25) is 0 Å². The highest BCUT2D eigenvalue weighted by Crippen LogP contribution is 2.43. The Balaban J connectivity index is 1.03. The van der Waals surface area contributed by atoms with E-state index in [1.807, 2.05) is 18.3 Å². The lowest BCUT2D eigenvalue weighted by atomic mass is 9.74. The van der Waals surface area contributed by atoms with Gasteiger partial charge in [-0.05, 0) is 99.5 Å². The van der Waals surface area contributed by atoms with E-state index in [4.69, 9.17) is 0 Å². The molecule has 3 aliphatic heterocycles. The highest BCUT2D eigenvalue weighted by atomic mass is 16.3. The molecule has 0 spiro atoms. The molecule has 4 unspecified atom stereocenters. The van der Waals surface area contributed by atoms with E-state index < -0.39 is 0 Å². The topological polar surface area (TPSA) is 89.5 Å². The number of fused-ring (bicyclic) bond motifs is 3. The summed E-state index contributed by atoms with van der Waals surface area (Å²) in [5, 5.41) is 13.7. The lowest BCUT2D eigenvalue weighted by molar-refractivity contribution is -0.127. The first-order valence-electron chi connectivity index (χ1n) is 15.4. The third kappa shape index (κ3) is 4.98. The highest BCUT2D eigenvalue weighted by molar-refractivity contribution is 5.79. The first-order valence-corrected chi connectivity index (χ1v) is 15.4. The first-order chi connectivity index (χ1) is 19.1. The van der Waals surface area contributed by atoms with Crippen molar-refractivity contribution in [1.29, 1.82) is 0 Å². The van der Waals surface area contributed by atoms with Gasteiger partial charge in [-0.1, -0.05) is 31.0 Å². The average Bonchev–Trinajstić information content (AvgIpc) is 3.70. The summed E-state index contributed by atoms with van der Waals surface area (Å²) in [4.78, 5) is 20.9. The molecule has 1 aromatic carbocycles. The molecule has 1 aromatic heterocycles. The molecule has 1 amide bonds. The quantitative estimate of drug-likeness (QED) is 0.439. The fraction of sp³-hybridized carbons (Fsp3) is 0.625. The first kappa shape index (κ1) is 25.5. The zero-order valence-corrected chi connectivity index (χ0v) is 22.8. The van der Waals surface area contributed by atoms with Crippen LogP contribution in [0.15, 0.2) is 48.7 Å². The lowest BCUT2D eigenvalue weighted by Gasteiger charge is -2.39. The zero-order chi connectivity index (χ0) is 26.3. The van der Waals surface area contributed by atoms with E-state index in [-0.39, 0.29) is 30.0 Å². The van der Waals surface area contributed by atoms with Crippen molar-refractivity contribution in [3.63, 3.8) is 0 Å². The Kier molecular flexibility index (Phi) is 7.08.